The van der Waals surface area contributed by atoms with E-state index in [0.29, 0.717) is 19.3 Å². The van der Waals surface area contributed by atoms with Gasteiger partial charge in [-0.1, -0.05) is 0 Å². The van der Waals surface area contributed by atoms with Crippen LogP contribution in [0.5, 0.6) is 0 Å². The third-order valence-corrected chi connectivity index (χ3v) is 5.22. The minimum absolute atomic E-state index is 0.124. The van der Waals surface area contributed by atoms with Gasteiger partial charge in [-0.3, -0.25) is 4.68 Å². The second kappa shape index (κ2) is 6.43. The molecule has 2 N–H and O–H groups in total. The number of rotatable bonds is 8. The summed E-state index contributed by atoms with van der Waals surface area (Å²) in [6.07, 6.45) is 7.23. The van der Waals surface area contributed by atoms with Crippen LogP contribution in [0.3, 0.4) is 0 Å². The second-order valence-electron chi connectivity index (χ2n) is 5.70. The minimum atomic E-state index is -3.49. The lowest BCUT2D eigenvalue weighted by atomic mass is 10.3. The van der Waals surface area contributed by atoms with E-state index in [2.05, 4.69) is 15.1 Å². The second-order valence-corrected chi connectivity index (χ2v) is 7.42. The molecule has 0 amide bonds. The van der Waals surface area contributed by atoms with Gasteiger partial charge in [0, 0.05) is 31.4 Å². The Kier molecular flexibility index (Phi) is 4.58. The van der Waals surface area contributed by atoms with Gasteiger partial charge in [0.1, 0.15) is 4.90 Å². The van der Waals surface area contributed by atoms with Crippen molar-refractivity contribution < 1.29 is 13.2 Å². The quantitative estimate of drug-likeness (QED) is 0.664. The Hall–Kier alpha value is -0.960. The molecule has 0 spiro atoms. The van der Waals surface area contributed by atoms with Crippen molar-refractivity contribution in [1.29, 1.82) is 0 Å². The van der Waals surface area contributed by atoms with Crippen LogP contribution in [-0.4, -0.2) is 50.0 Å². The summed E-state index contributed by atoms with van der Waals surface area (Å²) in [6.45, 7) is 2.73. The van der Waals surface area contributed by atoms with E-state index in [-0.39, 0.29) is 10.9 Å². The first kappa shape index (κ1) is 15.0. The van der Waals surface area contributed by atoms with Crippen molar-refractivity contribution in [1.82, 2.24) is 19.8 Å². The van der Waals surface area contributed by atoms with E-state index in [0.717, 1.165) is 25.9 Å². The van der Waals surface area contributed by atoms with Gasteiger partial charge < -0.3 is 10.1 Å². The summed E-state index contributed by atoms with van der Waals surface area (Å²) in [5.41, 5.74) is 0. The molecular weight excluding hydrogens is 292 g/mol. The molecule has 1 aromatic rings. The van der Waals surface area contributed by atoms with Gasteiger partial charge in [-0.05, 0) is 32.2 Å². The van der Waals surface area contributed by atoms with Crippen LogP contribution in [0.15, 0.2) is 17.3 Å². The molecule has 2 fully saturated rings. The van der Waals surface area contributed by atoms with Crippen molar-refractivity contribution in [3.05, 3.63) is 12.4 Å². The summed E-state index contributed by atoms with van der Waals surface area (Å²) in [5, 5.41) is 7.55. The first-order valence-corrected chi connectivity index (χ1v) is 8.98. The van der Waals surface area contributed by atoms with Gasteiger partial charge in [0.2, 0.25) is 10.0 Å². The lowest BCUT2D eigenvalue weighted by molar-refractivity contribution is 0.192. The Morgan fingerprint density at radius 1 is 1.33 bits per heavy atom. The molecule has 1 saturated heterocycles. The highest BCUT2D eigenvalue weighted by Gasteiger charge is 2.24. The number of aryl methyl sites for hydroxylation is 1. The molecule has 1 aliphatic carbocycles. The molecule has 0 bridgehead atoms. The van der Waals surface area contributed by atoms with E-state index in [1.54, 1.807) is 10.9 Å². The van der Waals surface area contributed by atoms with Crippen LogP contribution in [-0.2, 0) is 21.3 Å². The van der Waals surface area contributed by atoms with E-state index in [4.69, 9.17) is 4.74 Å². The highest BCUT2D eigenvalue weighted by molar-refractivity contribution is 7.89. The molecule has 1 unspecified atom stereocenters. The summed E-state index contributed by atoms with van der Waals surface area (Å²) < 4.78 is 33.9. The van der Waals surface area contributed by atoms with Gasteiger partial charge >= 0.3 is 0 Å². The third-order valence-electron chi connectivity index (χ3n) is 3.75. The molecule has 118 valence electrons. The van der Waals surface area contributed by atoms with Crippen molar-refractivity contribution in [2.45, 2.75) is 49.2 Å². The van der Waals surface area contributed by atoms with Crippen LogP contribution < -0.4 is 10.0 Å². The van der Waals surface area contributed by atoms with Gasteiger partial charge in [-0.25, -0.2) is 13.1 Å². The summed E-state index contributed by atoms with van der Waals surface area (Å²) in [5.74, 6) is 0. The standard InChI is InChI=1S/C13H22N4O3S/c18-21(19,16-12-4-7-20-10-12)13-8-15-17(9-13)6-1-5-14-11-2-3-11/h8-9,11-12,14,16H,1-7,10H2. The number of nitrogens with zero attached hydrogens (tertiary/aromatic N) is 2. The van der Waals surface area contributed by atoms with Gasteiger partial charge in [0.25, 0.3) is 0 Å². The highest BCUT2D eigenvalue weighted by atomic mass is 32.2. The maximum atomic E-state index is 12.2. The predicted octanol–water partition coefficient (Wildman–Crippen LogP) is 0.0924. The van der Waals surface area contributed by atoms with Crippen molar-refractivity contribution >= 4 is 10.0 Å². The molecule has 0 aromatic carbocycles. The number of aromatic nitrogens is 2. The highest BCUT2D eigenvalue weighted by Crippen LogP contribution is 2.18. The van der Waals surface area contributed by atoms with Gasteiger partial charge in [-0.15, -0.1) is 0 Å². The lowest BCUT2D eigenvalue weighted by Crippen LogP contribution is -2.34. The van der Waals surface area contributed by atoms with Crippen LogP contribution >= 0.6 is 0 Å². The Bertz CT molecular complexity index is 562. The van der Waals surface area contributed by atoms with E-state index < -0.39 is 10.0 Å². The topological polar surface area (TPSA) is 85.2 Å². The fourth-order valence-electron chi connectivity index (χ4n) is 2.36. The molecule has 2 heterocycles. The number of hydrogen-bond donors (Lipinski definition) is 2. The molecule has 1 aliphatic heterocycles. The van der Waals surface area contributed by atoms with Crippen LogP contribution in [0.25, 0.3) is 0 Å². The Balaban J connectivity index is 1.50. The zero-order valence-corrected chi connectivity index (χ0v) is 12.8. The zero-order chi connectivity index (χ0) is 14.7. The number of sulfonamides is 1. The maximum absolute atomic E-state index is 12.2. The molecule has 0 radical (unpaired) electrons. The number of hydrogen-bond acceptors (Lipinski definition) is 5. The normalized spacial score (nSPS) is 22.8. The largest absolute Gasteiger partial charge is 0.380 e. The van der Waals surface area contributed by atoms with Gasteiger partial charge in [0.05, 0.1) is 12.8 Å². The van der Waals surface area contributed by atoms with E-state index in [1.165, 1.54) is 19.0 Å². The predicted molar refractivity (Wildman–Crippen MR) is 77.4 cm³/mol. The van der Waals surface area contributed by atoms with Crippen LogP contribution in [0.1, 0.15) is 25.7 Å². The number of ether oxygens (including phenoxy) is 1. The third kappa shape index (κ3) is 4.26. The average molecular weight is 314 g/mol. The van der Waals surface area contributed by atoms with Crippen molar-refractivity contribution in [3.8, 4) is 0 Å². The van der Waals surface area contributed by atoms with Crippen molar-refractivity contribution in [2.75, 3.05) is 19.8 Å². The number of nitrogens with one attached hydrogen (secondary N) is 2. The smallest absolute Gasteiger partial charge is 0.244 e. The van der Waals surface area contributed by atoms with E-state index in [1.807, 2.05) is 0 Å². The molecule has 2 aliphatic rings. The molecule has 7 nitrogen and oxygen atoms in total. The summed E-state index contributed by atoms with van der Waals surface area (Å²) in [7, 11) is -3.49. The van der Waals surface area contributed by atoms with Crippen molar-refractivity contribution in [3.63, 3.8) is 0 Å². The SMILES string of the molecule is O=S(=O)(NC1CCOC1)c1cnn(CCCNC2CC2)c1. The maximum Gasteiger partial charge on any atom is 0.244 e. The Morgan fingerprint density at radius 2 is 2.19 bits per heavy atom. The van der Waals surface area contributed by atoms with Gasteiger partial charge in [0.15, 0.2) is 0 Å². The summed E-state index contributed by atoms with van der Waals surface area (Å²) in [4.78, 5) is 0.226. The molecule has 1 aromatic heterocycles. The Morgan fingerprint density at radius 3 is 2.90 bits per heavy atom. The molecule has 21 heavy (non-hydrogen) atoms. The van der Waals surface area contributed by atoms with E-state index >= 15 is 0 Å². The fraction of sp³-hybridized carbons (Fsp3) is 0.769. The minimum Gasteiger partial charge on any atom is -0.380 e. The first-order chi connectivity index (χ1) is 10.1. The monoisotopic (exact) mass is 314 g/mol. The lowest BCUT2D eigenvalue weighted by Gasteiger charge is -2.09. The average Bonchev–Trinajstić information content (AvgIpc) is 2.92. The molecular formula is C13H22N4O3S. The molecule has 1 atom stereocenters. The van der Waals surface area contributed by atoms with Crippen LogP contribution in [0.2, 0.25) is 0 Å². The van der Waals surface area contributed by atoms with E-state index in [9.17, 15) is 8.42 Å². The van der Waals surface area contributed by atoms with Crippen LogP contribution in [0, 0.1) is 0 Å². The van der Waals surface area contributed by atoms with Crippen LogP contribution in [0.4, 0.5) is 0 Å². The molecule has 1 saturated carbocycles. The first-order valence-electron chi connectivity index (χ1n) is 7.49. The fourth-order valence-corrected chi connectivity index (χ4v) is 3.56. The summed E-state index contributed by atoms with van der Waals surface area (Å²) >= 11 is 0. The molecule has 8 heteroatoms. The zero-order valence-electron chi connectivity index (χ0n) is 12.0. The molecule has 3 rings (SSSR count). The van der Waals surface area contributed by atoms with Gasteiger partial charge in [-0.2, -0.15) is 5.10 Å². The Labute approximate surface area is 125 Å². The summed E-state index contributed by atoms with van der Waals surface area (Å²) in [6, 6.07) is 0.581. The van der Waals surface area contributed by atoms with Crippen molar-refractivity contribution in [2.24, 2.45) is 0 Å².